The van der Waals surface area contributed by atoms with Crippen molar-refractivity contribution in [2.24, 2.45) is 5.73 Å². The van der Waals surface area contributed by atoms with Gasteiger partial charge in [-0.05, 0) is 51.3 Å². The average molecular weight is 414 g/mol. The number of hydrogen-bond donors (Lipinski definition) is 1. The van der Waals surface area contributed by atoms with E-state index in [4.69, 9.17) is 10.5 Å². The first-order valence-corrected chi connectivity index (χ1v) is 10.8. The van der Waals surface area contributed by atoms with Crippen molar-refractivity contribution >= 4 is 6.09 Å². The van der Waals surface area contributed by atoms with Gasteiger partial charge in [-0.15, -0.1) is 0 Å². The summed E-state index contributed by atoms with van der Waals surface area (Å²) in [4.78, 5) is 16.3. The second-order valence-corrected chi connectivity index (χ2v) is 8.86. The highest BCUT2D eigenvalue weighted by Gasteiger charge is 2.25. The van der Waals surface area contributed by atoms with Crippen molar-refractivity contribution in [3.63, 3.8) is 0 Å². The summed E-state index contributed by atoms with van der Waals surface area (Å²) in [7, 11) is 0. The van der Waals surface area contributed by atoms with Crippen LogP contribution in [0.15, 0.2) is 36.5 Å². The first-order valence-electron chi connectivity index (χ1n) is 10.8. The lowest BCUT2D eigenvalue weighted by atomic mass is 10.0. The maximum absolute atomic E-state index is 12.2. The number of hydrogen-bond acceptors (Lipinski definition) is 5. The summed E-state index contributed by atoms with van der Waals surface area (Å²) in [6, 6.07) is 10.5. The highest BCUT2D eigenvalue weighted by molar-refractivity contribution is 5.68. The predicted molar refractivity (Wildman–Crippen MR) is 119 cm³/mol. The summed E-state index contributed by atoms with van der Waals surface area (Å²) in [5.74, 6) is 0. The van der Waals surface area contributed by atoms with Gasteiger partial charge in [0.15, 0.2) is 0 Å². The minimum absolute atomic E-state index is 0.000906. The van der Waals surface area contributed by atoms with Gasteiger partial charge in [0.2, 0.25) is 0 Å². The largest absolute Gasteiger partial charge is 0.444 e. The molecule has 1 atom stereocenters. The number of benzene rings is 1. The van der Waals surface area contributed by atoms with E-state index in [0.717, 1.165) is 49.4 Å². The molecule has 7 nitrogen and oxygen atoms in total. The number of aromatic nitrogens is 2. The number of aryl methyl sites for hydroxylation is 1. The SMILES string of the molecule is CCn1nccc1-c1ccc([C@@H](N)CCN2CCN(C(=O)OC(C)(C)C)CC2)cc1. The summed E-state index contributed by atoms with van der Waals surface area (Å²) >= 11 is 0. The zero-order valence-corrected chi connectivity index (χ0v) is 18.7. The van der Waals surface area contributed by atoms with Gasteiger partial charge in [0.05, 0.1) is 5.69 Å². The van der Waals surface area contributed by atoms with Gasteiger partial charge in [0, 0.05) is 51.5 Å². The van der Waals surface area contributed by atoms with Crippen LogP contribution < -0.4 is 5.73 Å². The number of rotatable bonds is 6. The molecule has 0 radical (unpaired) electrons. The topological polar surface area (TPSA) is 76.6 Å². The van der Waals surface area contributed by atoms with Gasteiger partial charge >= 0.3 is 6.09 Å². The number of nitrogens with zero attached hydrogens (tertiary/aromatic N) is 4. The van der Waals surface area contributed by atoms with E-state index in [1.165, 1.54) is 0 Å². The highest BCUT2D eigenvalue weighted by atomic mass is 16.6. The number of ether oxygens (including phenoxy) is 1. The molecule has 2 aromatic rings. The van der Waals surface area contributed by atoms with Crippen molar-refractivity contribution in [3.8, 4) is 11.3 Å². The van der Waals surface area contributed by atoms with Crippen molar-refractivity contribution in [2.45, 2.75) is 52.3 Å². The lowest BCUT2D eigenvalue weighted by molar-refractivity contribution is 0.0143. The normalized spacial score (nSPS) is 16.5. The molecule has 0 spiro atoms. The average Bonchev–Trinajstić information content (AvgIpc) is 3.20. The van der Waals surface area contributed by atoms with E-state index in [-0.39, 0.29) is 12.1 Å². The van der Waals surface area contributed by atoms with Crippen LogP contribution >= 0.6 is 0 Å². The van der Waals surface area contributed by atoms with E-state index in [1.807, 2.05) is 37.7 Å². The quantitative estimate of drug-likeness (QED) is 0.784. The molecule has 7 heteroatoms. The van der Waals surface area contributed by atoms with Crippen LogP contribution in [-0.4, -0.2) is 64.0 Å². The number of piperazine rings is 1. The minimum atomic E-state index is -0.452. The van der Waals surface area contributed by atoms with E-state index in [1.54, 1.807) is 4.90 Å². The van der Waals surface area contributed by atoms with Crippen LogP contribution in [0.25, 0.3) is 11.3 Å². The Balaban J connectivity index is 1.46. The third-order valence-electron chi connectivity index (χ3n) is 5.43. The van der Waals surface area contributed by atoms with E-state index in [9.17, 15) is 4.79 Å². The van der Waals surface area contributed by atoms with E-state index in [2.05, 4.69) is 41.2 Å². The summed E-state index contributed by atoms with van der Waals surface area (Å²) < 4.78 is 7.45. The first kappa shape index (κ1) is 22.3. The van der Waals surface area contributed by atoms with Gasteiger partial charge in [0.25, 0.3) is 0 Å². The molecular formula is C23H35N5O2. The molecule has 1 aromatic carbocycles. The molecule has 30 heavy (non-hydrogen) atoms. The summed E-state index contributed by atoms with van der Waals surface area (Å²) in [6.45, 7) is 12.7. The number of nitrogens with two attached hydrogens (primary N) is 1. The third kappa shape index (κ3) is 5.83. The molecule has 1 saturated heterocycles. The Morgan fingerprint density at radius 3 is 2.40 bits per heavy atom. The molecule has 0 unspecified atom stereocenters. The predicted octanol–water partition coefficient (Wildman–Crippen LogP) is 3.51. The fourth-order valence-corrected chi connectivity index (χ4v) is 3.70. The van der Waals surface area contributed by atoms with Crippen LogP contribution in [-0.2, 0) is 11.3 Å². The molecular weight excluding hydrogens is 378 g/mol. The zero-order chi connectivity index (χ0) is 21.7. The Labute approximate surface area is 179 Å². The lowest BCUT2D eigenvalue weighted by Crippen LogP contribution is -2.50. The van der Waals surface area contributed by atoms with Crippen molar-refractivity contribution in [1.82, 2.24) is 19.6 Å². The van der Waals surface area contributed by atoms with Gasteiger partial charge in [-0.3, -0.25) is 9.58 Å². The van der Waals surface area contributed by atoms with E-state index < -0.39 is 5.60 Å². The molecule has 1 aliphatic rings. The molecule has 3 rings (SSSR count). The van der Waals surface area contributed by atoms with Gasteiger partial charge < -0.3 is 15.4 Å². The van der Waals surface area contributed by atoms with E-state index >= 15 is 0 Å². The lowest BCUT2D eigenvalue weighted by Gasteiger charge is -2.35. The Morgan fingerprint density at radius 2 is 1.80 bits per heavy atom. The monoisotopic (exact) mass is 413 g/mol. The fourth-order valence-electron chi connectivity index (χ4n) is 3.70. The van der Waals surface area contributed by atoms with Crippen LogP contribution in [0.4, 0.5) is 4.79 Å². The molecule has 0 aliphatic carbocycles. The van der Waals surface area contributed by atoms with Gasteiger partial charge in [-0.25, -0.2) is 4.79 Å². The maximum Gasteiger partial charge on any atom is 0.410 e. The van der Waals surface area contributed by atoms with Crippen LogP contribution in [0.5, 0.6) is 0 Å². The standard InChI is InChI=1S/C23H35N5O2/c1-5-28-21(10-12-25-28)19-8-6-18(7-9-19)20(24)11-13-26-14-16-27(17-15-26)22(29)30-23(2,3)4/h6-10,12,20H,5,11,13-17,24H2,1-4H3/t20-/m0/s1. The summed E-state index contributed by atoms with van der Waals surface area (Å²) in [6.07, 6.45) is 2.50. The van der Waals surface area contributed by atoms with Crippen molar-refractivity contribution in [3.05, 3.63) is 42.1 Å². The molecule has 1 fully saturated rings. The molecule has 2 N–H and O–H groups in total. The van der Waals surface area contributed by atoms with Gasteiger partial charge in [-0.1, -0.05) is 24.3 Å². The fraction of sp³-hybridized carbons (Fsp3) is 0.565. The Bertz CT molecular complexity index is 817. The molecule has 1 amide bonds. The molecule has 1 aliphatic heterocycles. The van der Waals surface area contributed by atoms with E-state index in [0.29, 0.717) is 13.1 Å². The van der Waals surface area contributed by atoms with Gasteiger partial charge in [-0.2, -0.15) is 5.10 Å². The minimum Gasteiger partial charge on any atom is -0.444 e. The molecule has 0 bridgehead atoms. The number of amides is 1. The Hall–Kier alpha value is -2.38. The van der Waals surface area contributed by atoms with Crippen LogP contribution in [0, 0.1) is 0 Å². The van der Waals surface area contributed by atoms with Crippen molar-refractivity contribution < 1.29 is 9.53 Å². The molecule has 0 saturated carbocycles. The van der Waals surface area contributed by atoms with Crippen LogP contribution in [0.3, 0.4) is 0 Å². The molecule has 164 valence electrons. The maximum atomic E-state index is 12.2. The summed E-state index contributed by atoms with van der Waals surface area (Å²) in [5.41, 5.74) is 9.43. The van der Waals surface area contributed by atoms with Crippen molar-refractivity contribution in [2.75, 3.05) is 32.7 Å². The van der Waals surface area contributed by atoms with Gasteiger partial charge in [0.1, 0.15) is 5.60 Å². The third-order valence-corrected chi connectivity index (χ3v) is 5.43. The van der Waals surface area contributed by atoms with Crippen LogP contribution in [0.1, 0.15) is 45.7 Å². The smallest absolute Gasteiger partial charge is 0.410 e. The molecule has 2 heterocycles. The molecule has 1 aromatic heterocycles. The number of carbonyl (C=O) groups excluding carboxylic acids is 1. The number of carbonyl (C=O) groups is 1. The Morgan fingerprint density at radius 1 is 1.13 bits per heavy atom. The second-order valence-electron chi connectivity index (χ2n) is 8.86. The van der Waals surface area contributed by atoms with Crippen LogP contribution in [0.2, 0.25) is 0 Å². The highest BCUT2D eigenvalue weighted by Crippen LogP contribution is 2.23. The Kier molecular flexibility index (Phi) is 7.15. The summed E-state index contributed by atoms with van der Waals surface area (Å²) in [5, 5.41) is 4.34. The second kappa shape index (κ2) is 9.62. The van der Waals surface area contributed by atoms with Crippen molar-refractivity contribution in [1.29, 1.82) is 0 Å². The first-order chi connectivity index (χ1) is 14.3. The zero-order valence-electron chi connectivity index (χ0n) is 18.7.